The quantitative estimate of drug-likeness (QED) is 0.861. The van der Waals surface area contributed by atoms with Gasteiger partial charge in [-0.1, -0.05) is 30.3 Å². The Bertz CT molecular complexity index is 862. The minimum absolute atomic E-state index is 0.338. The molecule has 8 heteroatoms. The van der Waals surface area contributed by atoms with Crippen molar-refractivity contribution in [3.63, 3.8) is 0 Å². The number of carbonyl (C=O) groups is 1. The molecule has 0 unspecified atom stereocenters. The zero-order chi connectivity index (χ0) is 18.4. The zero-order valence-electron chi connectivity index (χ0n) is 14.2. The first-order valence-electron chi connectivity index (χ1n) is 8.35. The van der Waals surface area contributed by atoms with Gasteiger partial charge in [0.15, 0.2) is 0 Å². The van der Waals surface area contributed by atoms with Crippen LogP contribution in [0.4, 0.5) is 5.95 Å². The van der Waals surface area contributed by atoms with Crippen LogP contribution in [0.1, 0.15) is 18.4 Å². The summed E-state index contributed by atoms with van der Waals surface area (Å²) < 4.78 is 26.3. The van der Waals surface area contributed by atoms with Crippen LogP contribution in [0.5, 0.6) is 0 Å². The van der Waals surface area contributed by atoms with Crippen molar-refractivity contribution in [1.82, 2.24) is 14.7 Å². The zero-order valence-corrected chi connectivity index (χ0v) is 15.0. The number of hydrogen-bond donors (Lipinski definition) is 1. The summed E-state index contributed by atoms with van der Waals surface area (Å²) in [4.78, 5) is 22.7. The molecule has 1 aliphatic heterocycles. The van der Waals surface area contributed by atoms with Crippen LogP contribution < -0.4 is 9.62 Å². The third-order valence-corrected chi connectivity index (χ3v) is 5.16. The van der Waals surface area contributed by atoms with E-state index >= 15 is 0 Å². The van der Waals surface area contributed by atoms with E-state index in [9.17, 15) is 13.2 Å². The van der Waals surface area contributed by atoms with Crippen molar-refractivity contribution in [3.8, 4) is 0 Å². The average Bonchev–Trinajstić information content (AvgIpc) is 2.68. The van der Waals surface area contributed by atoms with Gasteiger partial charge < -0.3 is 4.90 Å². The van der Waals surface area contributed by atoms with Gasteiger partial charge in [0.1, 0.15) is 0 Å². The van der Waals surface area contributed by atoms with E-state index in [1.807, 2.05) is 23.1 Å². The second-order valence-electron chi connectivity index (χ2n) is 6.03. The third kappa shape index (κ3) is 4.89. The Balaban J connectivity index is 1.54. The standard InChI is InChI=1S/C18H20N4O3S/c23-17(21-26(24,25)14-9-15-5-2-1-3-6-15)16-7-12-22(13-8-16)18-19-10-4-11-20-18/h1-6,9-11,14,16H,7-8,12-13H2,(H,21,23)/b14-9+. The summed E-state index contributed by atoms with van der Waals surface area (Å²) in [5.74, 6) is -0.170. The van der Waals surface area contributed by atoms with Crippen LogP contribution >= 0.6 is 0 Å². The van der Waals surface area contributed by atoms with E-state index < -0.39 is 15.9 Å². The highest BCUT2D eigenvalue weighted by atomic mass is 32.2. The molecular weight excluding hydrogens is 352 g/mol. The molecule has 1 fully saturated rings. The van der Waals surface area contributed by atoms with E-state index in [1.165, 1.54) is 6.08 Å². The van der Waals surface area contributed by atoms with Gasteiger partial charge in [-0.05, 0) is 30.5 Å². The van der Waals surface area contributed by atoms with E-state index in [0.29, 0.717) is 31.9 Å². The van der Waals surface area contributed by atoms with Crippen molar-refractivity contribution in [3.05, 3.63) is 59.8 Å². The lowest BCUT2D eigenvalue weighted by Gasteiger charge is -2.30. The first-order valence-corrected chi connectivity index (χ1v) is 9.90. The molecule has 2 aromatic rings. The number of carbonyl (C=O) groups excluding carboxylic acids is 1. The smallest absolute Gasteiger partial charge is 0.257 e. The van der Waals surface area contributed by atoms with Crippen molar-refractivity contribution in [1.29, 1.82) is 0 Å². The molecule has 136 valence electrons. The van der Waals surface area contributed by atoms with Gasteiger partial charge in [-0.3, -0.25) is 4.79 Å². The summed E-state index contributed by atoms with van der Waals surface area (Å²) >= 11 is 0. The number of anilines is 1. The number of sulfonamides is 1. The second kappa shape index (κ2) is 8.09. The van der Waals surface area contributed by atoms with E-state index in [4.69, 9.17) is 0 Å². The molecule has 0 aliphatic carbocycles. The van der Waals surface area contributed by atoms with E-state index in [2.05, 4.69) is 14.7 Å². The normalized spacial score (nSPS) is 15.9. The maximum Gasteiger partial charge on any atom is 0.257 e. The van der Waals surface area contributed by atoms with E-state index in [0.717, 1.165) is 11.0 Å². The van der Waals surface area contributed by atoms with Gasteiger partial charge in [-0.2, -0.15) is 0 Å². The monoisotopic (exact) mass is 372 g/mol. The van der Waals surface area contributed by atoms with Crippen molar-refractivity contribution in [2.45, 2.75) is 12.8 Å². The Morgan fingerprint density at radius 1 is 1.08 bits per heavy atom. The SMILES string of the molecule is O=C(NS(=O)(=O)/C=C/c1ccccc1)C1CCN(c2ncccn2)CC1. The van der Waals surface area contributed by atoms with Crippen molar-refractivity contribution in [2.24, 2.45) is 5.92 Å². The number of hydrogen-bond acceptors (Lipinski definition) is 6. The fourth-order valence-electron chi connectivity index (χ4n) is 2.79. The molecule has 1 aromatic heterocycles. The highest BCUT2D eigenvalue weighted by molar-refractivity contribution is 7.93. The Kier molecular flexibility index (Phi) is 5.62. The van der Waals surface area contributed by atoms with Crippen LogP contribution in [0, 0.1) is 5.92 Å². The number of aromatic nitrogens is 2. The molecule has 1 aliphatic rings. The average molecular weight is 372 g/mol. The molecule has 0 radical (unpaired) electrons. The van der Waals surface area contributed by atoms with Crippen LogP contribution in [0.3, 0.4) is 0 Å². The van der Waals surface area contributed by atoms with Gasteiger partial charge >= 0.3 is 0 Å². The molecule has 1 aromatic carbocycles. The van der Waals surface area contributed by atoms with Gasteiger partial charge in [-0.25, -0.2) is 23.1 Å². The van der Waals surface area contributed by atoms with E-state index in [1.54, 1.807) is 30.6 Å². The second-order valence-corrected chi connectivity index (χ2v) is 7.60. The largest absolute Gasteiger partial charge is 0.341 e. The summed E-state index contributed by atoms with van der Waals surface area (Å²) in [5.41, 5.74) is 0.751. The summed E-state index contributed by atoms with van der Waals surface area (Å²) in [6.45, 7) is 1.23. The Morgan fingerprint density at radius 2 is 1.73 bits per heavy atom. The number of rotatable bonds is 5. The molecule has 1 N–H and O–H groups in total. The van der Waals surface area contributed by atoms with Gasteiger partial charge in [0.05, 0.1) is 5.41 Å². The van der Waals surface area contributed by atoms with Gasteiger partial charge in [0.25, 0.3) is 10.0 Å². The number of benzene rings is 1. The maximum absolute atomic E-state index is 12.3. The first-order chi connectivity index (χ1) is 12.5. The number of nitrogens with one attached hydrogen (secondary N) is 1. The molecule has 1 saturated heterocycles. The minimum Gasteiger partial charge on any atom is -0.341 e. The third-order valence-electron chi connectivity index (χ3n) is 4.18. The van der Waals surface area contributed by atoms with Gasteiger partial charge in [0, 0.05) is 31.4 Å². The van der Waals surface area contributed by atoms with Crippen LogP contribution in [-0.4, -0.2) is 37.4 Å². The Morgan fingerprint density at radius 3 is 2.38 bits per heavy atom. The van der Waals surface area contributed by atoms with Crippen molar-refractivity contribution in [2.75, 3.05) is 18.0 Å². The summed E-state index contributed by atoms with van der Waals surface area (Å²) in [6.07, 6.45) is 5.93. The molecule has 1 amide bonds. The Hall–Kier alpha value is -2.74. The molecule has 0 spiro atoms. The predicted molar refractivity (Wildman–Crippen MR) is 99.5 cm³/mol. The van der Waals surface area contributed by atoms with Crippen molar-refractivity contribution >= 4 is 28.0 Å². The topological polar surface area (TPSA) is 92.3 Å². The summed E-state index contributed by atoms with van der Waals surface area (Å²) in [7, 11) is -3.81. The molecule has 26 heavy (non-hydrogen) atoms. The molecule has 0 bridgehead atoms. The Labute approximate surface area is 152 Å². The molecule has 0 saturated carbocycles. The summed E-state index contributed by atoms with van der Waals surface area (Å²) in [5, 5.41) is 1.02. The summed E-state index contributed by atoms with van der Waals surface area (Å²) in [6, 6.07) is 10.8. The van der Waals surface area contributed by atoms with Crippen LogP contribution in [0.2, 0.25) is 0 Å². The molecule has 7 nitrogen and oxygen atoms in total. The fourth-order valence-corrected chi connectivity index (χ4v) is 3.64. The molecule has 0 atom stereocenters. The highest BCUT2D eigenvalue weighted by Crippen LogP contribution is 2.20. The predicted octanol–water partition coefficient (Wildman–Crippen LogP) is 1.81. The minimum atomic E-state index is -3.81. The van der Waals surface area contributed by atoms with Crippen molar-refractivity contribution < 1.29 is 13.2 Å². The first kappa shape index (κ1) is 18.1. The molecule has 2 heterocycles. The molecular formula is C18H20N4O3S. The highest BCUT2D eigenvalue weighted by Gasteiger charge is 2.27. The lowest BCUT2D eigenvalue weighted by Crippen LogP contribution is -2.42. The molecule has 3 rings (SSSR count). The van der Waals surface area contributed by atoms with Crippen LogP contribution in [-0.2, 0) is 14.8 Å². The maximum atomic E-state index is 12.3. The van der Waals surface area contributed by atoms with Gasteiger partial charge in [0.2, 0.25) is 11.9 Å². The van der Waals surface area contributed by atoms with Gasteiger partial charge in [-0.15, -0.1) is 0 Å². The van der Waals surface area contributed by atoms with Crippen LogP contribution in [0.25, 0.3) is 6.08 Å². The number of amides is 1. The lowest BCUT2D eigenvalue weighted by atomic mass is 9.96. The number of nitrogens with zero attached hydrogens (tertiary/aromatic N) is 3. The lowest BCUT2D eigenvalue weighted by molar-refractivity contribution is -0.123. The van der Waals surface area contributed by atoms with Crippen LogP contribution in [0.15, 0.2) is 54.2 Å². The van der Waals surface area contributed by atoms with E-state index in [-0.39, 0.29) is 5.92 Å². The fraction of sp³-hybridized carbons (Fsp3) is 0.278. The number of piperidine rings is 1.